The Balaban J connectivity index is 1.76. The maximum absolute atomic E-state index is 12.8. The van der Waals surface area contributed by atoms with Crippen molar-refractivity contribution in [1.29, 1.82) is 0 Å². The lowest BCUT2D eigenvalue weighted by Gasteiger charge is -2.16. The molecule has 0 saturated carbocycles. The number of rotatable bonds is 8. The summed E-state index contributed by atoms with van der Waals surface area (Å²) >= 11 is 0.738. The number of sulfonamides is 1. The molecule has 3 aromatic rings. The van der Waals surface area contributed by atoms with E-state index in [0.29, 0.717) is 17.5 Å². The van der Waals surface area contributed by atoms with E-state index in [0.717, 1.165) is 23.2 Å². The molecule has 1 aromatic heterocycles. The van der Waals surface area contributed by atoms with E-state index in [4.69, 9.17) is 0 Å². The lowest BCUT2D eigenvalue weighted by atomic mass is 10.1. The molecule has 0 spiro atoms. The Morgan fingerprint density at radius 2 is 1.69 bits per heavy atom. The summed E-state index contributed by atoms with van der Waals surface area (Å²) in [5.41, 5.74) is 1.84. The lowest BCUT2D eigenvalue weighted by Crippen LogP contribution is -2.28. The molecule has 2 aromatic carbocycles. The van der Waals surface area contributed by atoms with E-state index in [-0.39, 0.29) is 14.4 Å². The van der Waals surface area contributed by atoms with Crippen molar-refractivity contribution in [3.05, 3.63) is 65.2 Å². The number of amides is 1. The fourth-order valence-electron chi connectivity index (χ4n) is 2.93. The van der Waals surface area contributed by atoms with E-state index < -0.39 is 31.8 Å². The van der Waals surface area contributed by atoms with Gasteiger partial charge in [0.1, 0.15) is 0 Å². The normalized spacial score (nSPS) is 13.0. The van der Waals surface area contributed by atoms with Gasteiger partial charge in [-0.1, -0.05) is 48.6 Å². The highest BCUT2D eigenvalue weighted by molar-refractivity contribution is 7.91. The third-order valence-electron chi connectivity index (χ3n) is 4.66. The third kappa shape index (κ3) is 5.57. The van der Waals surface area contributed by atoms with Crippen LogP contribution in [0, 0.1) is 6.92 Å². The predicted molar refractivity (Wildman–Crippen MR) is 122 cm³/mol. The van der Waals surface area contributed by atoms with Crippen molar-refractivity contribution in [3.8, 4) is 0 Å². The molecule has 170 valence electrons. The van der Waals surface area contributed by atoms with Crippen molar-refractivity contribution in [2.24, 2.45) is 0 Å². The maximum atomic E-state index is 12.8. The highest BCUT2D eigenvalue weighted by Gasteiger charge is 2.25. The number of hydrogen-bond acceptors (Lipinski definition) is 8. The number of nitrogens with one attached hydrogen (secondary N) is 2. The van der Waals surface area contributed by atoms with Gasteiger partial charge in [0, 0.05) is 17.9 Å². The second-order valence-corrected chi connectivity index (χ2v) is 11.9. The van der Waals surface area contributed by atoms with Crippen molar-refractivity contribution in [2.75, 3.05) is 11.6 Å². The van der Waals surface area contributed by atoms with E-state index >= 15 is 0 Å². The monoisotopic (exact) mass is 494 g/mol. The minimum absolute atomic E-state index is 0.0594. The fourth-order valence-corrected chi connectivity index (χ4v) is 5.78. The Bertz CT molecular complexity index is 1330. The quantitative estimate of drug-likeness (QED) is 0.460. The number of nitrogens with zero attached hydrogens (tertiary/aromatic N) is 2. The van der Waals surface area contributed by atoms with Gasteiger partial charge in [-0.25, -0.2) is 21.6 Å². The summed E-state index contributed by atoms with van der Waals surface area (Å²) in [6.45, 7) is 3.59. The number of hydrogen-bond donors (Lipinski definition) is 2. The van der Waals surface area contributed by atoms with Gasteiger partial charge in [0.25, 0.3) is 15.9 Å². The first-order chi connectivity index (χ1) is 15.0. The van der Waals surface area contributed by atoms with Gasteiger partial charge in [0.05, 0.1) is 4.90 Å². The van der Waals surface area contributed by atoms with E-state index in [9.17, 15) is 21.6 Å². The molecule has 9 nitrogen and oxygen atoms in total. The van der Waals surface area contributed by atoms with Gasteiger partial charge in [-0.2, -0.15) is 0 Å². The van der Waals surface area contributed by atoms with Crippen LogP contribution in [0.15, 0.2) is 57.8 Å². The first-order valence-corrected chi connectivity index (χ1v) is 13.7. The average Bonchev–Trinajstić information content (AvgIpc) is 3.21. The van der Waals surface area contributed by atoms with E-state index in [1.807, 2.05) is 6.07 Å². The molecule has 0 radical (unpaired) electrons. The van der Waals surface area contributed by atoms with Gasteiger partial charge in [-0.05, 0) is 42.7 Å². The molecule has 1 heterocycles. The second kappa shape index (κ2) is 9.45. The zero-order valence-corrected chi connectivity index (χ0v) is 20.0. The summed E-state index contributed by atoms with van der Waals surface area (Å²) in [5, 5.41) is 10.1. The van der Waals surface area contributed by atoms with Gasteiger partial charge in [0.2, 0.25) is 9.47 Å². The summed E-state index contributed by atoms with van der Waals surface area (Å²) in [5.74, 6) is -0.409. The summed E-state index contributed by atoms with van der Waals surface area (Å²) in [4.78, 5) is 12.6. The Hall–Kier alpha value is -2.67. The number of anilines is 1. The van der Waals surface area contributed by atoms with Gasteiger partial charge in [0.15, 0.2) is 9.84 Å². The van der Waals surface area contributed by atoms with Crippen LogP contribution >= 0.6 is 11.3 Å². The van der Waals surface area contributed by atoms with Crippen LogP contribution in [0.2, 0.25) is 0 Å². The van der Waals surface area contributed by atoms with Crippen LogP contribution in [0.25, 0.3) is 0 Å². The largest absolute Gasteiger partial charge is 0.296 e. The van der Waals surface area contributed by atoms with Crippen LogP contribution in [0.4, 0.5) is 5.13 Å². The molecule has 0 aliphatic rings. The molecule has 12 heteroatoms. The molecule has 32 heavy (non-hydrogen) atoms. The van der Waals surface area contributed by atoms with Gasteiger partial charge in [-0.15, -0.1) is 10.2 Å². The Labute approximate surface area is 190 Å². The second-order valence-electron chi connectivity index (χ2n) is 7.07. The smallest absolute Gasteiger partial charge is 0.270 e. The summed E-state index contributed by atoms with van der Waals surface area (Å²) < 4.78 is 51.2. The van der Waals surface area contributed by atoms with E-state index in [1.54, 1.807) is 44.2 Å². The Kier molecular flexibility index (Phi) is 7.08. The molecule has 0 saturated heterocycles. The Morgan fingerprint density at radius 3 is 2.28 bits per heavy atom. The van der Waals surface area contributed by atoms with Gasteiger partial charge >= 0.3 is 0 Å². The molecule has 0 bridgehead atoms. The molecular weight excluding hydrogens is 472 g/mol. The van der Waals surface area contributed by atoms with Crippen molar-refractivity contribution < 1.29 is 21.6 Å². The van der Waals surface area contributed by atoms with Crippen molar-refractivity contribution >= 4 is 42.2 Å². The van der Waals surface area contributed by atoms with Crippen molar-refractivity contribution in [1.82, 2.24) is 14.9 Å². The van der Waals surface area contributed by atoms with Crippen molar-refractivity contribution in [3.63, 3.8) is 0 Å². The highest BCUT2D eigenvalue weighted by Crippen LogP contribution is 2.25. The first-order valence-electron chi connectivity index (χ1n) is 9.54. The molecule has 0 aliphatic carbocycles. The average molecular weight is 495 g/mol. The first kappa shape index (κ1) is 24.0. The molecule has 3 rings (SSSR count). The summed E-state index contributed by atoms with van der Waals surface area (Å²) in [7, 11) is -7.37. The molecule has 0 fully saturated rings. The molecule has 0 unspecified atom stereocenters. The SMILES string of the molecule is CC[C@@H](NS(=O)(=O)c1nnc(NC(=O)c2ccccc2C)s1)c1ccc(S(C)(=O)=O)cc1. The zero-order chi connectivity index (χ0) is 23.5. The van der Waals surface area contributed by atoms with Crippen LogP contribution < -0.4 is 10.0 Å². The van der Waals surface area contributed by atoms with Crippen LogP contribution in [-0.4, -0.2) is 39.2 Å². The van der Waals surface area contributed by atoms with Gasteiger partial charge in [-0.3, -0.25) is 10.1 Å². The number of carbonyl (C=O) groups excluding carboxylic acids is 1. The summed E-state index contributed by atoms with van der Waals surface area (Å²) in [6, 6.07) is 12.4. The molecule has 1 amide bonds. The lowest BCUT2D eigenvalue weighted by molar-refractivity contribution is 0.102. The molecule has 1 atom stereocenters. The number of sulfone groups is 1. The topological polar surface area (TPSA) is 135 Å². The van der Waals surface area contributed by atoms with Crippen LogP contribution in [-0.2, 0) is 19.9 Å². The zero-order valence-electron chi connectivity index (χ0n) is 17.6. The number of benzene rings is 2. The van der Waals surface area contributed by atoms with Crippen molar-refractivity contribution in [2.45, 2.75) is 35.5 Å². The standard InChI is InChI=1S/C20H22N4O5S3/c1-4-17(14-9-11-15(12-10-14)31(3,26)27)24-32(28,29)20-23-22-19(30-20)21-18(25)16-8-6-5-7-13(16)2/h5-12,17,24H,4H2,1-3H3,(H,21,22,25)/t17-/m1/s1. The summed E-state index contributed by atoms with van der Waals surface area (Å²) in [6.07, 6.45) is 1.53. The molecule has 2 N–H and O–H groups in total. The van der Waals surface area contributed by atoms with Crippen LogP contribution in [0.1, 0.15) is 40.9 Å². The maximum Gasteiger partial charge on any atom is 0.270 e. The molecular formula is C20H22N4O5S3. The Morgan fingerprint density at radius 1 is 1.03 bits per heavy atom. The third-order valence-corrected chi connectivity index (χ3v) is 8.47. The minimum atomic E-state index is -4.02. The van der Waals surface area contributed by atoms with E-state index in [1.165, 1.54) is 12.1 Å². The highest BCUT2D eigenvalue weighted by atomic mass is 32.2. The number of aryl methyl sites for hydroxylation is 1. The van der Waals surface area contributed by atoms with Crippen LogP contribution in [0.3, 0.4) is 0 Å². The predicted octanol–water partition coefficient (Wildman–Crippen LogP) is 2.93. The number of aromatic nitrogens is 2. The molecule has 0 aliphatic heterocycles. The van der Waals surface area contributed by atoms with Gasteiger partial charge < -0.3 is 0 Å². The number of carbonyl (C=O) groups is 1. The fraction of sp³-hybridized carbons (Fsp3) is 0.250. The van der Waals surface area contributed by atoms with E-state index in [2.05, 4.69) is 20.2 Å². The minimum Gasteiger partial charge on any atom is -0.296 e. The van der Waals surface area contributed by atoms with Crippen LogP contribution in [0.5, 0.6) is 0 Å².